The minimum atomic E-state index is 1.01. The lowest BCUT2D eigenvalue weighted by Gasteiger charge is -1.90. The zero-order chi connectivity index (χ0) is 14.7. The lowest BCUT2D eigenvalue weighted by molar-refractivity contribution is 0.940. The van der Waals surface area contributed by atoms with Crippen molar-refractivity contribution < 1.29 is 0 Å². The molecule has 0 atom stereocenters. The van der Waals surface area contributed by atoms with Gasteiger partial charge in [-0.1, -0.05) is 68.9 Å². The number of unbranched alkanes of at least 4 members (excludes halogenated alkanes) is 5. The summed E-state index contributed by atoms with van der Waals surface area (Å²) in [5, 5.41) is 0. The molecule has 0 rings (SSSR count). The van der Waals surface area contributed by atoms with Crippen molar-refractivity contribution in [2.45, 2.75) is 71.1 Å². The van der Waals surface area contributed by atoms with Crippen molar-refractivity contribution in [3.8, 4) is 0 Å². The van der Waals surface area contributed by atoms with Crippen LogP contribution in [0.3, 0.4) is 0 Å². The first kappa shape index (κ1) is 19.0. The second kappa shape index (κ2) is 18.0. The first-order valence-electron chi connectivity index (χ1n) is 8.31. The van der Waals surface area contributed by atoms with Crippen molar-refractivity contribution in [1.29, 1.82) is 0 Å². The predicted molar refractivity (Wildman–Crippen MR) is 93.8 cm³/mol. The summed E-state index contributed by atoms with van der Waals surface area (Å²) in [4.78, 5) is 0. The lowest BCUT2D eigenvalue weighted by Crippen LogP contribution is -1.70. The Morgan fingerprint density at radius 3 is 1.10 bits per heavy atom. The Morgan fingerprint density at radius 2 is 0.800 bits per heavy atom. The van der Waals surface area contributed by atoms with Crippen molar-refractivity contribution in [2.24, 2.45) is 0 Å². The van der Waals surface area contributed by atoms with Gasteiger partial charge in [0.15, 0.2) is 0 Å². The van der Waals surface area contributed by atoms with Gasteiger partial charge in [-0.05, 0) is 57.8 Å². The third kappa shape index (κ3) is 17.0. The number of rotatable bonds is 13. The highest BCUT2D eigenvalue weighted by molar-refractivity contribution is 4.92. The van der Waals surface area contributed by atoms with E-state index in [-0.39, 0.29) is 0 Å². The van der Waals surface area contributed by atoms with Crippen molar-refractivity contribution in [3.05, 3.63) is 55.5 Å². The van der Waals surface area contributed by atoms with E-state index in [1.165, 1.54) is 44.9 Å². The van der Waals surface area contributed by atoms with E-state index in [4.69, 9.17) is 0 Å². The molecule has 0 aliphatic rings. The van der Waals surface area contributed by atoms with Crippen molar-refractivity contribution in [2.75, 3.05) is 0 Å². The molecule has 0 saturated carbocycles. The average Bonchev–Trinajstić information content (AvgIpc) is 2.47. The molecule has 0 N–H and O–H groups in total. The van der Waals surface area contributed by atoms with Gasteiger partial charge >= 0.3 is 0 Å². The van der Waals surface area contributed by atoms with Gasteiger partial charge in [0.05, 0.1) is 0 Å². The molecule has 113 valence electrons. The molecule has 0 amide bonds. The molecule has 0 spiro atoms. The summed E-state index contributed by atoms with van der Waals surface area (Å²) in [6.45, 7) is 6.04. The van der Waals surface area contributed by atoms with Crippen LogP contribution in [0.1, 0.15) is 71.1 Å². The maximum absolute atomic E-state index is 3.82. The summed E-state index contributed by atoms with van der Waals surface area (Å²) < 4.78 is 0. The second-order valence-corrected chi connectivity index (χ2v) is 5.05. The molecule has 0 fully saturated rings. The molecule has 0 heteroatoms. The van der Waals surface area contributed by atoms with Crippen LogP contribution in [0.2, 0.25) is 0 Å². The lowest BCUT2D eigenvalue weighted by atomic mass is 10.2. The minimum absolute atomic E-state index is 1.01. The smallest absolute Gasteiger partial charge is 0.0316 e. The number of hydrogen-bond donors (Lipinski definition) is 0. The van der Waals surface area contributed by atoms with E-state index < -0.39 is 0 Å². The zero-order valence-electron chi connectivity index (χ0n) is 13.4. The van der Waals surface area contributed by atoms with E-state index in [0.717, 1.165) is 19.3 Å². The number of hydrogen-bond acceptors (Lipinski definition) is 0. The molecule has 20 heavy (non-hydrogen) atoms. The average molecular weight is 273 g/mol. The van der Waals surface area contributed by atoms with Crippen molar-refractivity contribution in [1.82, 2.24) is 0 Å². The van der Waals surface area contributed by atoms with Crippen molar-refractivity contribution >= 4 is 0 Å². The SMILES string of the molecule is [CH2]CC/C=C/CC/C=C/CC/C=C/CC/C=C/CCC. The minimum Gasteiger partial charge on any atom is -0.0885 e. The molecule has 0 unspecified atom stereocenters. The largest absolute Gasteiger partial charge is 0.0885 e. The van der Waals surface area contributed by atoms with Crippen LogP contribution in [0.25, 0.3) is 0 Å². The molecule has 0 aliphatic heterocycles. The van der Waals surface area contributed by atoms with Gasteiger partial charge in [0.2, 0.25) is 0 Å². The maximum Gasteiger partial charge on any atom is -0.0316 e. The van der Waals surface area contributed by atoms with E-state index in [1.807, 2.05) is 0 Å². The molecule has 0 nitrogen and oxygen atoms in total. The van der Waals surface area contributed by atoms with Gasteiger partial charge in [-0.2, -0.15) is 0 Å². The standard InChI is InChI=1S/C20H33/c1-3-5-7-9-11-13-15-17-19-20-18-16-14-12-10-8-6-4-2/h7-10,15-18H,1,3-6,11-14,19-20H2,2H3/b9-7+,10-8+,17-15+,18-16+. The summed E-state index contributed by atoms with van der Waals surface area (Å²) in [6.07, 6.45) is 30.0. The van der Waals surface area contributed by atoms with Gasteiger partial charge < -0.3 is 0 Å². The Hall–Kier alpha value is -1.04. The third-order valence-corrected chi connectivity index (χ3v) is 2.99. The normalized spacial score (nSPS) is 12.7. The summed E-state index contributed by atoms with van der Waals surface area (Å²) >= 11 is 0. The zero-order valence-corrected chi connectivity index (χ0v) is 13.4. The van der Waals surface area contributed by atoms with Crippen LogP contribution < -0.4 is 0 Å². The van der Waals surface area contributed by atoms with Crippen molar-refractivity contribution in [3.63, 3.8) is 0 Å². The van der Waals surface area contributed by atoms with Crippen LogP contribution in [-0.4, -0.2) is 0 Å². The summed E-state index contributed by atoms with van der Waals surface area (Å²) in [5.74, 6) is 0. The Kier molecular flexibility index (Phi) is 17.0. The fourth-order valence-electron chi connectivity index (χ4n) is 1.80. The summed E-state index contributed by atoms with van der Waals surface area (Å²) in [5.41, 5.74) is 0. The fourth-order valence-corrected chi connectivity index (χ4v) is 1.80. The van der Waals surface area contributed by atoms with E-state index in [2.05, 4.69) is 62.5 Å². The van der Waals surface area contributed by atoms with Crippen LogP contribution in [-0.2, 0) is 0 Å². The second-order valence-electron chi connectivity index (χ2n) is 5.05. The van der Waals surface area contributed by atoms with Gasteiger partial charge in [-0.25, -0.2) is 0 Å². The Balaban J connectivity index is 3.29. The topological polar surface area (TPSA) is 0 Å². The molecule has 1 radical (unpaired) electrons. The third-order valence-electron chi connectivity index (χ3n) is 2.99. The molecule has 0 aromatic rings. The molecule has 0 heterocycles. The first-order valence-corrected chi connectivity index (χ1v) is 8.31. The van der Waals surface area contributed by atoms with E-state index in [9.17, 15) is 0 Å². The molecular formula is C20H33. The van der Waals surface area contributed by atoms with E-state index in [0.29, 0.717) is 0 Å². The highest BCUT2D eigenvalue weighted by atomic mass is 13.9. The van der Waals surface area contributed by atoms with Gasteiger partial charge in [0.1, 0.15) is 0 Å². The van der Waals surface area contributed by atoms with Crippen LogP contribution in [0.15, 0.2) is 48.6 Å². The van der Waals surface area contributed by atoms with Crippen LogP contribution >= 0.6 is 0 Å². The Morgan fingerprint density at radius 1 is 0.500 bits per heavy atom. The monoisotopic (exact) mass is 273 g/mol. The van der Waals surface area contributed by atoms with Gasteiger partial charge in [-0.3, -0.25) is 0 Å². The Labute approximate surface area is 127 Å². The summed E-state index contributed by atoms with van der Waals surface area (Å²) in [7, 11) is 0. The van der Waals surface area contributed by atoms with Crippen LogP contribution in [0, 0.1) is 6.92 Å². The van der Waals surface area contributed by atoms with E-state index >= 15 is 0 Å². The van der Waals surface area contributed by atoms with E-state index in [1.54, 1.807) is 0 Å². The summed E-state index contributed by atoms with van der Waals surface area (Å²) in [6, 6.07) is 0. The Bertz CT molecular complexity index is 248. The molecule has 0 aromatic carbocycles. The molecule has 0 bridgehead atoms. The highest BCUT2D eigenvalue weighted by Crippen LogP contribution is 2.01. The maximum atomic E-state index is 3.82. The molecule has 0 saturated heterocycles. The quantitative estimate of drug-likeness (QED) is 0.251. The van der Waals surface area contributed by atoms with Crippen LogP contribution in [0.5, 0.6) is 0 Å². The van der Waals surface area contributed by atoms with Gasteiger partial charge in [-0.15, -0.1) is 0 Å². The number of allylic oxidation sites excluding steroid dienone is 8. The van der Waals surface area contributed by atoms with Crippen LogP contribution in [0.4, 0.5) is 0 Å². The highest BCUT2D eigenvalue weighted by Gasteiger charge is 1.80. The predicted octanol–water partition coefficient (Wildman–Crippen LogP) is 6.97. The van der Waals surface area contributed by atoms with Gasteiger partial charge in [0.25, 0.3) is 0 Å². The molecule has 0 aliphatic carbocycles. The fraction of sp³-hybridized carbons (Fsp3) is 0.550. The van der Waals surface area contributed by atoms with Gasteiger partial charge in [0, 0.05) is 0 Å². The molecule has 0 aromatic heterocycles. The molecular weight excluding hydrogens is 240 g/mol. The first-order chi connectivity index (χ1) is 9.91.